The molecule has 0 heterocycles. The van der Waals surface area contributed by atoms with Crippen LogP contribution < -0.4 is 11.1 Å². The highest BCUT2D eigenvalue weighted by Gasteiger charge is 2.27. The van der Waals surface area contributed by atoms with Crippen LogP contribution in [0.25, 0.3) is 0 Å². The van der Waals surface area contributed by atoms with Gasteiger partial charge in [-0.25, -0.2) is 0 Å². The van der Waals surface area contributed by atoms with Crippen LogP contribution in [-0.2, 0) is 11.4 Å². The first-order valence-electron chi connectivity index (χ1n) is 5.80. The maximum absolute atomic E-state index is 12.0. The zero-order valence-corrected chi connectivity index (χ0v) is 10.4. The molecule has 0 saturated heterocycles. The molecule has 1 aromatic rings. The van der Waals surface area contributed by atoms with E-state index in [1.807, 2.05) is 19.1 Å². The maximum Gasteiger partial charge on any atom is 0.244 e. The van der Waals surface area contributed by atoms with Gasteiger partial charge >= 0.3 is 0 Å². The lowest BCUT2D eigenvalue weighted by molar-refractivity contribution is -0.120. The second kappa shape index (κ2) is 5.80. The summed E-state index contributed by atoms with van der Waals surface area (Å²) in [6.07, 6.45) is 1.47. The van der Waals surface area contributed by atoms with Crippen LogP contribution in [0.4, 0.5) is 5.69 Å². The van der Waals surface area contributed by atoms with Crippen LogP contribution in [0.5, 0.6) is 0 Å². The minimum Gasteiger partial charge on any atom is -0.392 e. The van der Waals surface area contributed by atoms with Gasteiger partial charge in [0, 0.05) is 11.3 Å². The smallest absolute Gasteiger partial charge is 0.244 e. The highest BCUT2D eigenvalue weighted by molar-refractivity contribution is 5.98. The van der Waals surface area contributed by atoms with Crippen LogP contribution in [0.1, 0.15) is 32.3 Å². The number of carbonyl (C=O) groups is 1. The van der Waals surface area contributed by atoms with Crippen molar-refractivity contribution in [3.8, 4) is 0 Å². The number of carbonyl (C=O) groups excluding carboxylic acids is 1. The van der Waals surface area contributed by atoms with Crippen molar-refractivity contribution in [2.24, 2.45) is 5.73 Å². The lowest BCUT2D eigenvalue weighted by Gasteiger charge is -2.23. The Labute approximate surface area is 102 Å². The first kappa shape index (κ1) is 13.7. The Morgan fingerprint density at radius 1 is 1.47 bits per heavy atom. The monoisotopic (exact) mass is 236 g/mol. The fourth-order valence-corrected chi connectivity index (χ4v) is 1.68. The van der Waals surface area contributed by atoms with E-state index in [1.165, 1.54) is 0 Å². The van der Waals surface area contributed by atoms with Gasteiger partial charge in [-0.3, -0.25) is 4.79 Å². The van der Waals surface area contributed by atoms with Crippen molar-refractivity contribution in [3.05, 3.63) is 29.8 Å². The summed E-state index contributed by atoms with van der Waals surface area (Å²) < 4.78 is 0. The molecule has 4 N–H and O–H groups in total. The van der Waals surface area contributed by atoms with Crippen LogP contribution in [-0.4, -0.2) is 16.6 Å². The number of amides is 1. The van der Waals surface area contributed by atoms with Crippen molar-refractivity contribution in [2.75, 3.05) is 5.32 Å². The summed E-state index contributed by atoms with van der Waals surface area (Å²) in [6, 6.07) is 7.14. The summed E-state index contributed by atoms with van der Waals surface area (Å²) in [6.45, 7) is 3.60. The summed E-state index contributed by atoms with van der Waals surface area (Å²) in [5, 5.41) is 11.9. The van der Waals surface area contributed by atoms with Crippen molar-refractivity contribution in [1.29, 1.82) is 0 Å². The largest absolute Gasteiger partial charge is 0.392 e. The first-order valence-corrected chi connectivity index (χ1v) is 5.80. The Hall–Kier alpha value is -1.39. The number of rotatable bonds is 5. The van der Waals surface area contributed by atoms with Crippen molar-refractivity contribution >= 4 is 11.6 Å². The molecular weight excluding hydrogens is 216 g/mol. The summed E-state index contributed by atoms with van der Waals surface area (Å²) in [5.41, 5.74) is 6.36. The number of nitrogens with two attached hydrogens (primary N) is 1. The number of aliphatic hydroxyl groups is 1. The molecule has 0 spiro atoms. The van der Waals surface area contributed by atoms with Gasteiger partial charge in [0.15, 0.2) is 0 Å². The van der Waals surface area contributed by atoms with Crippen LogP contribution in [0.2, 0.25) is 0 Å². The summed E-state index contributed by atoms with van der Waals surface area (Å²) in [4.78, 5) is 12.0. The molecule has 0 aliphatic carbocycles. The SMILES string of the molecule is CCCC(C)(N)C(=O)Nc1ccccc1CO. The average molecular weight is 236 g/mol. The molecule has 0 saturated carbocycles. The molecule has 4 heteroatoms. The van der Waals surface area contributed by atoms with Gasteiger partial charge in [-0.2, -0.15) is 0 Å². The minimum atomic E-state index is -0.878. The van der Waals surface area contributed by atoms with E-state index >= 15 is 0 Å². The van der Waals surface area contributed by atoms with Gasteiger partial charge in [0.2, 0.25) is 5.91 Å². The number of anilines is 1. The lowest BCUT2D eigenvalue weighted by atomic mass is 9.96. The predicted molar refractivity (Wildman–Crippen MR) is 68.5 cm³/mol. The van der Waals surface area contributed by atoms with Crippen LogP contribution in [0.3, 0.4) is 0 Å². The second-order valence-electron chi connectivity index (χ2n) is 4.44. The minimum absolute atomic E-state index is 0.106. The molecule has 1 atom stereocenters. The van der Waals surface area contributed by atoms with E-state index in [-0.39, 0.29) is 12.5 Å². The molecule has 0 aromatic heterocycles. The van der Waals surface area contributed by atoms with E-state index < -0.39 is 5.54 Å². The van der Waals surface area contributed by atoms with Gasteiger partial charge in [-0.1, -0.05) is 31.5 Å². The Balaban J connectivity index is 2.80. The molecule has 1 rings (SSSR count). The molecule has 0 aliphatic rings. The average Bonchev–Trinajstić information content (AvgIpc) is 2.29. The Bertz CT molecular complexity index is 389. The molecular formula is C13H20N2O2. The topological polar surface area (TPSA) is 75.4 Å². The quantitative estimate of drug-likeness (QED) is 0.727. The molecule has 94 valence electrons. The van der Waals surface area contributed by atoms with Gasteiger partial charge in [0.1, 0.15) is 0 Å². The van der Waals surface area contributed by atoms with E-state index in [1.54, 1.807) is 19.1 Å². The Morgan fingerprint density at radius 3 is 2.71 bits per heavy atom. The van der Waals surface area contributed by atoms with E-state index in [4.69, 9.17) is 10.8 Å². The fourth-order valence-electron chi connectivity index (χ4n) is 1.68. The molecule has 1 amide bonds. The van der Waals surface area contributed by atoms with Gasteiger partial charge in [-0.05, 0) is 19.4 Å². The molecule has 1 aromatic carbocycles. The number of benzene rings is 1. The van der Waals surface area contributed by atoms with Crippen molar-refractivity contribution in [3.63, 3.8) is 0 Å². The number of aliphatic hydroxyl groups excluding tert-OH is 1. The van der Waals surface area contributed by atoms with E-state index in [0.29, 0.717) is 17.7 Å². The van der Waals surface area contributed by atoms with Crippen LogP contribution in [0, 0.1) is 0 Å². The molecule has 0 bridgehead atoms. The summed E-state index contributed by atoms with van der Waals surface area (Å²) >= 11 is 0. The zero-order chi connectivity index (χ0) is 12.9. The third-order valence-electron chi connectivity index (χ3n) is 2.72. The van der Waals surface area contributed by atoms with Crippen LogP contribution >= 0.6 is 0 Å². The van der Waals surface area contributed by atoms with Gasteiger partial charge in [0.25, 0.3) is 0 Å². The van der Waals surface area contributed by atoms with Crippen molar-refractivity contribution < 1.29 is 9.90 Å². The highest BCUT2D eigenvalue weighted by atomic mass is 16.3. The van der Waals surface area contributed by atoms with Gasteiger partial charge in [-0.15, -0.1) is 0 Å². The van der Waals surface area contributed by atoms with Crippen molar-refractivity contribution in [2.45, 2.75) is 38.8 Å². The molecule has 0 fully saturated rings. The predicted octanol–water partition coefficient (Wildman–Crippen LogP) is 1.63. The summed E-state index contributed by atoms with van der Waals surface area (Å²) in [7, 11) is 0. The third kappa shape index (κ3) is 3.54. The molecule has 0 radical (unpaired) electrons. The fraction of sp³-hybridized carbons (Fsp3) is 0.462. The lowest BCUT2D eigenvalue weighted by Crippen LogP contribution is -2.48. The van der Waals surface area contributed by atoms with E-state index in [9.17, 15) is 4.79 Å². The second-order valence-corrected chi connectivity index (χ2v) is 4.44. The normalized spacial score (nSPS) is 14.1. The maximum atomic E-state index is 12.0. The molecule has 17 heavy (non-hydrogen) atoms. The molecule has 0 aliphatic heterocycles. The standard InChI is InChI=1S/C13H20N2O2/c1-3-8-13(2,14)12(17)15-11-7-5-4-6-10(11)9-16/h4-7,16H,3,8-9,14H2,1-2H3,(H,15,17). The Kier molecular flexibility index (Phi) is 4.66. The van der Waals surface area contributed by atoms with Gasteiger partial charge < -0.3 is 16.2 Å². The zero-order valence-electron chi connectivity index (χ0n) is 10.4. The molecule has 1 unspecified atom stereocenters. The number of para-hydroxylation sites is 1. The van der Waals surface area contributed by atoms with E-state index in [0.717, 1.165) is 6.42 Å². The van der Waals surface area contributed by atoms with Gasteiger partial charge in [0.05, 0.1) is 12.1 Å². The third-order valence-corrected chi connectivity index (χ3v) is 2.72. The first-order chi connectivity index (χ1) is 8.01. The summed E-state index contributed by atoms with van der Waals surface area (Å²) in [5.74, 6) is -0.222. The number of hydrogen-bond acceptors (Lipinski definition) is 3. The Morgan fingerprint density at radius 2 is 2.12 bits per heavy atom. The van der Waals surface area contributed by atoms with Crippen LogP contribution in [0.15, 0.2) is 24.3 Å². The number of hydrogen-bond donors (Lipinski definition) is 3. The van der Waals surface area contributed by atoms with Crippen molar-refractivity contribution in [1.82, 2.24) is 0 Å². The number of nitrogens with one attached hydrogen (secondary N) is 1. The molecule has 4 nitrogen and oxygen atoms in total. The van der Waals surface area contributed by atoms with E-state index in [2.05, 4.69) is 5.32 Å². The highest BCUT2D eigenvalue weighted by Crippen LogP contribution is 2.18.